The summed E-state index contributed by atoms with van der Waals surface area (Å²) in [6.07, 6.45) is 0.933. The first kappa shape index (κ1) is 13.1. The summed E-state index contributed by atoms with van der Waals surface area (Å²) in [5.74, 6) is 1.51. The number of aryl methyl sites for hydroxylation is 1. The zero-order chi connectivity index (χ0) is 13.0. The van der Waals surface area contributed by atoms with Gasteiger partial charge in [-0.05, 0) is 30.5 Å². The van der Waals surface area contributed by atoms with E-state index in [1.807, 2.05) is 12.4 Å². The van der Waals surface area contributed by atoms with Crippen LogP contribution in [0.4, 0.5) is 0 Å². The van der Waals surface area contributed by atoms with Crippen molar-refractivity contribution in [2.75, 3.05) is 6.61 Å². The largest absolute Gasteiger partial charge is 0.493 e. The maximum Gasteiger partial charge on any atom is 0.119 e. The van der Waals surface area contributed by atoms with Gasteiger partial charge >= 0.3 is 0 Å². The van der Waals surface area contributed by atoms with E-state index in [2.05, 4.69) is 43.1 Å². The van der Waals surface area contributed by atoms with E-state index in [1.54, 1.807) is 11.3 Å². The molecule has 18 heavy (non-hydrogen) atoms. The number of hydrogen-bond donors (Lipinski definition) is 0. The lowest BCUT2D eigenvalue weighted by atomic mass is 10.0. The van der Waals surface area contributed by atoms with Crippen LogP contribution in [0.25, 0.3) is 0 Å². The lowest BCUT2D eigenvalue weighted by Crippen LogP contribution is -2.01. The summed E-state index contributed by atoms with van der Waals surface area (Å²) in [5, 5.41) is 0. The van der Waals surface area contributed by atoms with Crippen LogP contribution >= 0.6 is 11.3 Å². The molecule has 2 nitrogen and oxygen atoms in total. The van der Waals surface area contributed by atoms with E-state index in [-0.39, 0.29) is 0 Å². The van der Waals surface area contributed by atoms with Crippen LogP contribution in [0, 0.1) is 6.92 Å². The Morgan fingerprint density at radius 1 is 1.22 bits per heavy atom. The molecule has 0 fully saturated rings. The molecule has 1 aromatic heterocycles. The molecule has 1 aromatic carbocycles. The van der Waals surface area contributed by atoms with Crippen molar-refractivity contribution in [2.45, 2.75) is 33.1 Å². The topological polar surface area (TPSA) is 22.1 Å². The van der Waals surface area contributed by atoms with Gasteiger partial charge in [0.2, 0.25) is 0 Å². The number of benzene rings is 1. The Balaban J connectivity index is 1.85. The second-order valence-electron chi connectivity index (χ2n) is 4.68. The number of hydrogen-bond acceptors (Lipinski definition) is 3. The van der Waals surface area contributed by atoms with Gasteiger partial charge in [0.1, 0.15) is 5.75 Å². The van der Waals surface area contributed by atoms with Crippen LogP contribution in [0.1, 0.15) is 35.9 Å². The normalized spacial score (nSPS) is 10.9. The summed E-state index contributed by atoms with van der Waals surface area (Å²) in [5.41, 5.74) is 4.36. The number of thiazole rings is 1. The number of aromatic nitrogens is 1. The summed E-state index contributed by atoms with van der Waals surface area (Å²) in [7, 11) is 0. The molecule has 2 aromatic rings. The van der Waals surface area contributed by atoms with E-state index in [0.717, 1.165) is 17.9 Å². The highest BCUT2D eigenvalue weighted by Crippen LogP contribution is 2.19. The van der Waals surface area contributed by atoms with E-state index >= 15 is 0 Å². The molecule has 0 atom stereocenters. The van der Waals surface area contributed by atoms with Gasteiger partial charge in [0, 0.05) is 11.3 Å². The van der Waals surface area contributed by atoms with Gasteiger partial charge in [-0.25, -0.2) is 4.98 Å². The predicted molar refractivity (Wildman–Crippen MR) is 76.6 cm³/mol. The van der Waals surface area contributed by atoms with E-state index in [1.165, 1.54) is 10.4 Å². The molecule has 0 saturated carbocycles. The van der Waals surface area contributed by atoms with Gasteiger partial charge in [-0.3, -0.25) is 0 Å². The van der Waals surface area contributed by atoms with Crippen LogP contribution in [0.15, 0.2) is 29.8 Å². The highest BCUT2D eigenvalue weighted by atomic mass is 32.1. The summed E-state index contributed by atoms with van der Waals surface area (Å²) in [6, 6.07) is 8.37. The van der Waals surface area contributed by atoms with Crippen molar-refractivity contribution in [3.63, 3.8) is 0 Å². The standard InChI is InChI=1S/C15H19NOS/c1-11(2)13-4-6-14(7-5-13)17-9-8-15-12(3)16-10-18-15/h4-7,10-11H,8-9H2,1-3H3. The maximum atomic E-state index is 5.75. The first-order valence-electron chi connectivity index (χ1n) is 6.28. The number of nitrogens with zero attached hydrogens (tertiary/aromatic N) is 1. The lowest BCUT2D eigenvalue weighted by molar-refractivity contribution is 0.322. The molecule has 96 valence electrons. The van der Waals surface area contributed by atoms with Crippen LogP contribution in [0.3, 0.4) is 0 Å². The molecule has 0 aliphatic rings. The molecule has 1 heterocycles. The van der Waals surface area contributed by atoms with Crippen molar-refractivity contribution in [1.29, 1.82) is 0 Å². The second-order valence-corrected chi connectivity index (χ2v) is 5.62. The fourth-order valence-corrected chi connectivity index (χ4v) is 2.54. The Hall–Kier alpha value is -1.35. The van der Waals surface area contributed by atoms with Crippen LogP contribution in [-0.2, 0) is 6.42 Å². The smallest absolute Gasteiger partial charge is 0.119 e. The molecule has 2 rings (SSSR count). The van der Waals surface area contributed by atoms with Gasteiger partial charge in [-0.2, -0.15) is 0 Å². The van der Waals surface area contributed by atoms with Gasteiger partial charge in [0.15, 0.2) is 0 Å². The zero-order valence-electron chi connectivity index (χ0n) is 11.1. The molecule has 0 spiro atoms. The third-order valence-electron chi connectivity index (χ3n) is 2.99. The van der Waals surface area contributed by atoms with Gasteiger partial charge in [0.25, 0.3) is 0 Å². The highest BCUT2D eigenvalue weighted by molar-refractivity contribution is 7.09. The molecule has 0 amide bonds. The van der Waals surface area contributed by atoms with Crippen molar-refractivity contribution in [3.8, 4) is 5.75 Å². The molecule has 0 radical (unpaired) electrons. The minimum Gasteiger partial charge on any atom is -0.493 e. The minimum absolute atomic E-state index is 0.568. The van der Waals surface area contributed by atoms with Crippen LogP contribution in [0.5, 0.6) is 5.75 Å². The van der Waals surface area contributed by atoms with Gasteiger partial charge in [0.05, 0.1) is 17.8 Å². The average molecular weight is 261 g/mol. The second kappa shape index (κ2) is 6.01. The Kier molecular flexibility index (Phi) is 4.37. The van der Waals surface area contributed by atoms with Crippen molar-refractivity contribution in [1.82, 2.24) is 4.98 Å². The SMILES string of the molecule is Cc1ncsc1CCOc1ccc(C(C)C)cc1. The van der Waals surface area contributed by atoms with Gasteiger partial charge in [-0.1, -0.05) is 26.0 Å². The predicted octanol–water partition coefficient (Wildman–Crippen LogP) is 4.20. The van der Waals surface area contributed by atoms with E-state index in [0.29, 0.717) is 12.5 Å². The summed E-state index contributed by atoms with van der Waals surface area (Å²) < 4.78 is 5.75. The monoisotopic (exact) mass is 261 g/mol. The van der Waals surface area contributed by atoms with E-state index in [4.69, 9.17) is 4.74 Å². The quantitative estimate of drug-likeness (QED) is 0.805. The first-order chi connectivity index (χ1) is 8.66. The van der Waals surface area contributed by atoms with Crippen molar-refractivity contribution < 1.29 is 4.74 Å². The molecule has 0 N–H and O–H groups in total. The van der Waals surface area contributed by atoms with Crippen molar-refractivity contribution in [3.05, 3.63) is 45.9 Å². The van der Waals surface area contributed by atoms with Crippen molar-refractivity contribution in [2.24, 2.45) is 0 Å². The number of rotatable bonds is 5. The molecule has 0 aliphatic heterocycles. The van der Waals surface area contributed by atoms with Crippen molar-refractivity contribution >= 4 is 11.3 Å². The Labute approximate surface area is 113 Å². The fraction of sp³-hybridized carbons (Fsp3) is 0.400. The van der Waals surface area contributed by atoms with Crippen LogP contribution in [-0.4, -0.2) is 11.6 Å². The molecule has 0 saturated heterocycles. The summed E-state index contributed by atoms with van der Waals surface area (Å²) >= 11 is 1.70. The number of ether oxygens (including phenoxy) is 1. The van der Waals surface area contributed by atoms with E-state index in [9.17, 15) is 0 Å². The third-order valence-corrected chi connectivity index (χ3v) is 3.98. The molecule has 0 unspecified atom stereocenters. The molecule has 0 bridgehead atoms. The van der Waals surface area contributed by atoms with E-state index < -0.39 is 0 Å². The zero-order valence-corrected chi connectivity index (χ0v) is 12.0. The van der Waals surface area contributed by atoms with Crippen LogP contribution in [0.2, 0.25) is 0 Å². The molecular weight excluding hydrogens is 242 g/mol. The molecule has 0 aliphatic carbocycles. The lowest BCUT2D eigenvalue weighted by Gasteiger charge is -2.08. The maximum absolute atomic E-state index is 5.75. The van der Waals surface area contributed by atoms with Crippen LogP contribution < -0.4 is 4.74 Å². The van der Waals surface area contributed by atoms with Gasteiger partial charge in [-0.15, -0.1) is 11.3 Å². The fourth-order valence-electron chi connectivity index (χ4n) is 1.78. The Morgan fingerprint density at radius 3 is 2.50 bits per heavy atom. The summed E-state index contributed by atoms with van der Waals surface area (Å²) in [6.45, 7) is 7.15. The third kappa shape index (κ3) is 3.33. The highest BCUT2D eigenvalue weighted by Gasteiger charge is 2.02. The Morgan fingerprint density at radius 2 is 1.94 bits per heavy atom. The molecule has 3 heteroatoms. The molecular formula is C15H19NOS. The average Bonchev–Trinajstić information content (AvgIpc) is 2.76. The minimum atomic E-state index is 0.568. The first-order valence-corrected chi connectivity index (χ1v) is 7.16. The Bertz CT molecular complexity index is 487. The van der Waals surface area contributed by atoms with Gasteiger partial charge < -0.3 is 4.74 Å². The summed E-state index contributed by atoms with van der Waals surface area (Å²) in [4.78, 5) is 5.55.